The number of hydrogen-bond donors (Lipinski definition) is 0. The van der Waals surface area contributed by atoms with Gasteiger partial charge in [0.25, 0.3) is 0 Å². The zero-order chi connectivity index (χ0) is 20.4. The fourth-order valence-electron chi connectivity index (χ4n) is 2.86. The monoisotopic (exact) mass is 431 g/mol. The lowest BCUT2D eigenvalue weighted by molar-refractivity contribution is -0.127. The van der Waals surface area contributed by atoms with E-state index < -0.39 is 5.82 Å². The Morgan fingerprint density at radius 1 is 1.17 bits per heavy atom. The highest BCUT2D eigenvalue weighted by Crippen LogP contribution is 2.30. The second kappa shape index (κ2) is 8.35. The molecule has 3 aromatic rings. The predicted molar refractivity (Wildman–Crippen MR) is 109 cm³/mol. The van der Waals surface area contributed by atoms with E-state index >= 15 is 0 Å². The van der Waals surface area contributed by atoms with Crippen LogP contribution in [0.15, 0.2) is 53.0 Å². The lowest BCUT2D eigenvalue weighted by Gasteiger charge is -2.18. The van der Waals surface area contributed by atoms with E-state index in [1.807, 2.05) is 12.1 Å². The number of rotatable bonds is 6. The van der Waals surface area contributed by atoms with E-state index in [2.05, 4.69) is 10.2 Å². The van der Waals surface area contributed by atoms with Gasteiger partial charge in [-0.05, 0) is 48.7 Å². The normalized spacial score (nSPS) is 13.8. The quantitative estimate of drug-likeness (QED) is 0.491. The largest absolute Gasteiger partial charge is 0.419 e. The molecule has 0 unspecified atom stereocenters. The highest BCUT2D eigenvalue weighted by molar-refractivity contribution is 6.33. The van der Waals surface area contributed by atoms with Gasteiger partial charge < -0.3 is 9.32 Å². The standard InChI is InChI=1S/C21H16Cl2FN3O2/c22-16-4-2-1-3-15(16)21-26-25-19(29-21)12-27(14-7-8-14)20(28)10-6-13-5-9-18(24)17(23)11-13/h1-6,9-11,14H,7-8,12H2/b10-6+. The second-order valence-corrected chi connectivity index (χ2v) is 7.50. The average Bonchev–Trinajstić information content (AvgIpc) is 3.45. The molecule has 0 N–H and O–H groups in total. The van der Waals surface area contributed by atoms with E-state index in [0.717, 1.165) is 12.8 Å². The molecule has 29 heavy (non-hydrogen) atoms. The number of carbonyl (C=O) groups is 1. The van der Waals surface area contributed by atoms with E-state index in [0.29, 0.717) is 27.9 Å². The molecule has 8 heteroatoms. The summed E-state index contributed by atoms with van der Waals surface area (Å²) in [4.78, 5) is 14.4. The van der Waals surface area contributed by atoms with E-state index in [-0.39, 0.29) is 23.5 Å². The molecule has 1 aliphatic rings. The maximum atomic E-state index is 13.3. The van der Waals surface area contributed by atoms with Crippen molar-refractivity contribution >= 4 is 35.2 Å². The van der Waals surface area contributed by atoms with Gasteiger partial charge in [-0.3, -0.25) is 4.79 Å². The molecule has 0 atom stereocenters. The van der Waals surface area contributed by atoms with Crippen molar-refractivity contribution in [2.75, 3.05) is 0 Å². The first-order valence-electron chi connectivity index (χ1n) is 9.02. The van der Waals surface area contributed by atoms with Gasteiger partial charge in [0.2, 0.25) is 17.7 Å². The molecule has 1 saturated carbocycles. The lowest BCUT2D eigenvalue weighted by Crippen LogP contribution is -2.31. The molecule has 4 rings (SSSR count). The fraction of sp³-hybridized carbons (Fsp3) is 0.190. The number of benzene rings is 2. The first-order chi connectivity index (χ1) is 14.0. The average molecular weight is 432 g/mol. The van der Waals surface area contributed by atoms with Crippen LogP contribution in [0.1, 0.15) is 24.3 Å². The van der Waals surface area contributed by atoms with Gasteiger partial charge in [0, 0.05) is 12.1 Å². The van der Waals surface area contributed by atoms with Gasteiger partial charge in [0.15, 0.2) is 0 Å². The predicted octanol–water partition coefficient (Wildman–Crippen LogP) is 5.39. The number of hydrogen-bond acceptors (Lipinski definition) is 4. The van der Waals surface area contributed by atoms with Crippen LogP contribution in [0, 0.1) is 5.82 Å². The summed E-state index contributed by atoms with van der Waals surface area (Å²) in [6.07, 6.45) is 4.89. The molecule has 0 saturated heterocycles. The van der Waals surface area contributed by atoms with Crippen molar-refractivity contribution in [2.24, 2.45) is 0 Å². The molecule has 1 aliphatic carbocycles. The van der Waals surface area contributed by atoms with Crippen LogP contribution < -0.4 is 0 Å². The summed E-state index contributed by atoms with van der Waals surface area (Å²) in [7, 11) is 0. The summed E-state index contributed by atoms with van der Waals surface area (Å²) in [6, 6.07) is 11.6. The van der Waals surface area contributed by atoms with Gasteiger partial charge in [-0.2, -0.15) is 0 Å². The summed E-state index contributed by atoms with van der Waals surface area (Å²) in [5.74, 6) is -0.0467. The van der Waals surface area contributed by atoms with Gasteiger partial charge in [0.05, 0.1) is 22.2 Å². The number of amides is 1. The van der Waals surface area contributed by atoms with Gasteiger partial charge in [-0.1, -0.05) is 41.4 Å². The molecule has 0 bridgehead atoms. The minimum Gasteiger partial charge on any atom is -0.419 e. The molecule has 0 radical (unpaired) electrons. The van der Waals surface area contributed by atoms with Crippen molar-refractivity contribution in [2.45, 2.75) is 25.4 Å². The second-order valence-electron chi connectivity index (χ2n) is 6.68. The molecule has 1 fully saturated rings. The van der Waals surface area contributed by atoms with Gasteiger partial charge >= 0.3 is 0 Å². The third-order valence-electron chi connectivity index (χ3n) is 4.51. The van der Waals surface area contributed by atoms with Crippen molar-refractivity contribution in [3.63, 3.8) is 0 Å². The lowest BCUT2D eigenvalue weighted by atomic mass is 10.2. The minimum atomic E-state index is -0.500. The van der Waals surface area contributed by atoms with E-state index in [1.165, 1.54) is 18.2 Å². The van der Waals surface area contributed by atoms with E-state index in [9.17, 15) is 9.18 Å². The smallest absolute Gasteiger partial charge is 0.249 e. The molecule has 1 heterocycles. The third-order valence-corrected chi connectivity index (χ3v) is 5.13. The Morgan fingerprint density at radius 2 is 1.97 bits per heavy atom. The molecule has 148 valence electrons. The van der Waals surface area contributed by atoms with Crippen LogP contribution in [0.5, 0.6) is 0 Å². The number of aromatic nitrogens is 2. The molecule has 2 aromatic carbocycles. The molecule has 1 amide bonds. The zero-order valence-corrected chi connectivity index (χ0v) is 16.7. The van der Waals surface area contributed by atoms with Crippen LogP contribution in [0.25, 0.3) is 17.5 Å². The summed E-state index contributed by atoms with van der Waals surface area (Å²) in [5.41, 5.74) is 1.28. The number of halogens is 3. The van der Waals surface area contributed by atoms with Crippen molar-refractivity contribution in [3.05, 3.63) is 75.9 Å². The summed E-state index contributed by atoms with van der Waals surface area (Å²) < 4.78 is 19.0. The maximum absolute atomic E-state index is 13.3. The van der Waals surface area contributed by atoms with Crippen molar-refractivity contribution in [1.29, 1.82) is 0 Å². The first kappa shape index (κ1) is 19.6. The van der Waals surface area contributed by atoms with Crippen LogP contribution in [0.3, 0.4) is 0 Å². The van der Waals surface area contributed by atoms with Crippen molar-refractivity contribution in [1.82, 2.24) is 15.1 Å². The van der Waals surface area contributed by atoms with Gasteiger partial charge in [-0.15, -0.1) is 10.2 Å². The summed E-state index contributed by atoms with van der Waals surface area (Å²) in [5, 5.41) is 8.62. The molecule has 0 aliphatic heterocycles. The molecule has 5 nitrogen and oxygen atoms in total. The Morgan fingerprint density at radius 3 is 2.69 bits per heavy atom. The number of nitrogens with zero attached hydrogens (tertiary/aromatic N) is 3. The minimum absolute atomic E-state index is 0.0108. The summed E-state index contributed by atoms with van der Waals surface area (Å²) in [6.45, 7) is 0.204. The first-order valence-corrected chi connectivity index (χ1v) is 9.78. The van der Waals surface area contributed by atoms with E-state index in [1.54, 1.807) is 29.2 Å². The maximum Gasteiger partial charge on any atom is 0.249 e. The third kappa shape index (κ3) is 4.66. The van der Waals surface area contributed by atoms with Crippen molar-refractivity contribution < 1.29 is 13.6 Å². The van der Waals surface area contributed by atoms with Gasteiger partial charge in [-0.25, -0.2) is 4.39 Å². The van der Waals surface area contributed by atoms with Crippen molar-refractivity contribution in [3.8, 4) is 11.5 Å². The number of carbonyl (C=O) groups excluding carboxylic acids is 1. The SMILES string of the molecule is O=C(/C=C/c1ccc(F)c(Cl)c1)N(Cc1nnc(-c2ccccc2Cl)o1)C1CC1. The highest BCUT2D eigenvalue weighted by atomic mass is 35.5. The van der Waals surface area contributed by atoms with Crippen LogP contribution >= 0.6 is 23.2 Å². The molecule has 0 spiro atoms. The Hall–Kier alpha value is -2.70. The topological polar surface area (TPSA) is 59.2 Å². The van der Waals surface area contributed by atoms with Crippen LogP contribution in [0.2, 0.25) is 10.0 Å². The zero-order valence-electron chi connectivity index (χ0n) is 15.2. The van der Waals surface area contributed by atoms with Crippen LogP contribution in [-0.4, -0.2) is 27.0 Å². The fourth-order valence-corrected chi connectivity index (χ4v) is 3.26. The van der Waals surface area contributed by atoms with E-state index in [4.69, 9.17) is 27.6 Å². The molecule has 1 aromatic heterocycles. The molecular weight excluding hydrogens is 416 g/mol. The van der Waals surface area contributed by atoms with Crippen LogP contribution in [-0.2, 0) is 11.3 Å². The Kier molecular flexibility index (Phi) is 5.65. The Balaban J connectivity index is 1.48. The summed E-state index contributed by atoms with van der Waals surface area (Å²) >= 11 is 12.0. The van der Waals surface area contributed by atoms with Crippen LogP contribution in [0.4, 0.5) is 4.39 Å². The molecular formula is C21H16Cl2FN3O2. The highest BCUT2D eigenvalue weighted by Gasteiger charge is 2.32. The Labute approximate surface area is 176 Å². The van der Waals surface area contributed by atoms with Gasteiger partial charge in [0.1, 0.15) is 5.82 Å². The Bertz CT molecular complexity index is 1080.